The Morgan fingerprint density at radius 2 is 1.75 bits per heavy atom. The molecule has 1 atom stereocenters. The molecule has 1 aromatic carbocycles. The first-order valence-corrected chi connectivity index (χ1v) is 12.4. The summed E-state index contributed by atoms with van der Waals surface area (Å²) < 4.78 is 5.52. The van der Waals surface area contributed by atoms with Crippen molar-refractivity contribution in [2.45, 2.75) is 84.2 Å². The lowest BCUT2D eigenvalue weighted by Gasteiger charge is -2.39. The Labute approximate surface area is 193 Å². The van der Waals surface area contributed by atoms with Crippen molar-refractivity contribution in [2.75, 3.05) is 30.4 Å². The number of hydrogen-bond donors (Lipinski definition) is 2. The third-order valence-electron chi connectivity index (χ3n) is 7.57. The third-order valence-corrected chi connectivity index (χ3v) is 7.57. The summed E-state index contributed by atoms with van der Waals surface area (Å²) in [7, 11) is 1.92. The second-order valence-corrected chi connectivity index (χ2v) is 11.2. The average molecular weight is 444 g/mol. The Balaban J connectivity index is 1.20. The number of fused-ring (bicyclic) bond motifs is 1. The molecule has 0 bridgehead atoms. The van der Waals surface area contributed by atoms with Gasteiger partial charge in [-0.25, -0.2) is 0 Å². The maximum Gasteiger partial charge on any atom is 0.306 e. The summed E-state index contributed by atoms with van der Waals surface area (Å²) >= 11 is 0. The molecular formula is C26H41N3O3. The molecule has 2 heterocycles. The maximum atomic E-state index is 12.1. The number of ether oxygens (including phenoxy) is 1. The van der Waals surface area contributed by atoms with Crippen LogP contribution in [0.3, 0.4) is 0 Å². The van der Waals surface area contributed by atoms with E-state index in [9.17, 15) is 9.90 Å². The summed E-state index contributed by atoms with van der Waals surface area (Å²) in [5.74, 6) is 2.14. The topological polar surface area (TPSA) is 65.0 Å². The first-order valence-electron chi connectivity index (χ1n) is 12.4. The van der Waals surface area contributed by atoms with Gasteiger partial charge in [-0.1, -0.05) is 6.07 Å². The zero-order valence-corrected chi connectivity index (χ0v) is 20.3. The standard InChI is InChI=1S/C26H41N3O3/c1-26(2,3)32-24(30)16-18-5-8-20(9-6-18)21-11-13-29(14-12-21)17-19-7-10-22-23(15-19)28(4)25(31)27-22/h7,10,15,18,20-21,25,27,31H,5-6,8-9,11-14,16-17H2,1-4H3. The number of carbonyl (C=O) groups excluding carboxylic acids is 1. The molecule has 3 aliphatic rings. The molecule has 6 heteroatoms. The molecule has 2 aliphatic heterocycles. The van der Waals surface area contributed by atoms with Crippen LogP contribution >= 0.6 is 0 Å². The molecular weight excluding hydrogens is 402 g/mol. The smallest absolute Gasteiger partial charge is 0.306 e. The van der Waals surface area contributed by atoms with Crippen LogP contribution in [0.15, 0.2) is 18.2 Å². The van der Waals surface area contributed by atoms with Crippen LogP contribution in [0.5, 0.6) is 0 Å². The minimum atomic E-state index is -0.629. The van der Waals surface area contributed by atoms with Gasteiger partial charge in [0.25, 0.3) is 0 Å². The van der Waals surface area contributed by atoms with E-state index in [2.05, 4.69) is 28.4 Å². The van der Waals surface area contributed by atoms with E-state index in [1.54, 1.807) is 0 Å². The highest BCUT2D eigenvalue weighted by Gasteiger charge is 2.32. The summed E-state index contributed by atoms with van der Waals surface area (Å²) in [4.78, 5) is 16.6. The SMILES string of the molecule is CN1c2cc(CN3CCC(C4CCC(CC(=O)OC(C)(C)C)CC4)CC3)ccc2NC1O. The van der Waals surface area contributed by atoms with E-state index >= 15 is 0 Å². The van der Waals surface area contributed by atoms with Gasteiger partial charge in [0, 0.05) is 20.0 Å². The van der Waals surface area contributed by atoms with Gasteiger partial charge < -0.3 is 20.1 Å². The molecule has 0 radical (unpaired) electrons. The fourth-order valence-corrected chi connectivity index (χ4v) is 5.78. The van der Waals surface area contributed by atoms with E-state index in [4.69, 9.17) is 4.74 Å². The molecule has 1 aliphatic carbocycles. The number of carbonyl (C=O) groups is 1. The minimum Gasteiger partial charge on any atom is -0.460 e. The lowest BCUT2D eigenvalue weighted by atomic mass is 9.72. The van der Waals surface area contributed by atoms with Gasteiger partial charge >= 0.3 is 5.97 Å². The number of benzene rings is 1. The van der Waals surface area contributed by atoms with Crippen LogP contribution in [0.2, 0.25) is 0 Å². The zero-order valence-electron chi connectivity index (χ0n) is 20.3. The number of aliphatic hydroxyl groups excluding tert-OH is 1. The molecule has 2 fully saturated rings. The van der Waals surface area contributed by atoms with Crippen LogP contribution in [0.25, 0.3) is 0 Å². The second-order valence-electron chi connectivity index (χ2n) is 11.2. The second kappa shape index (κ2) is 9.60. The predicted octanol–water partition coefficient (Wildman–Crippen LogP) is 4.57. The number of hydrogen-bond acceptors (Lipinski definition) is 6. The van der Waals surface area contributed by atoms with Crippen LogP contribution < -0.4 is 10.2 Å². The van der Waals surface area contributed by atoms with E-state index in [-0.39, 0.29) is 11.6 Å². The molecule has 1 saturated carbocycles. The van der Waals surface area contributed by atoms with Crippen LogP contribution in [0, 0.1) is 17.8 Å². The monoisotopic (exact) mass is 443 g/mol. The van der Waals surface area contributed by atoms with E-state index < -0.39 is 6.35 Å². The molecule has 6 nitrogen and oxygen atoms in total. The number of rotatable bonds is 5. The molecule has 32 heavy (non-hydrogen) atoms. The number of nitrogens with one attached hydrogen (secondary N) is 1. The van der Waals surface area contributed by atoms with Gasteiger partial charge in [0.05, 0.1) is 11.4 Å². The molecule has 4 rings (SSSR count). The number of piperidine rings is 1. The third kappa shape index (κ3) is 5.76. The Hall–Kier alpha value is -1.79. The van der Waals surface area contributed by atoms with Gasteiger partial charge in [0.15, 0.2) is 0 Å². The fraction of sp³-hybridized carbons (Fsp3) is 0.731. The van der Waals surface area contributed by atoms with Crippen molar-refractivity contribution in [1.29, 1.82) is 0 Å². The van der Waals surface area contributed by atoms with Crippen LogP contribution in [0.1, 0.15) is 71.3 Å². The Morgan fingerprint density at radius 3 is 2.41 bits per heavy atom. The van der Waals surface area contributed by atoms with Crippen molar-refractivity contribution in [2.24, 2.45) is 17.8 Å². The fourth-order valence-electron chi connectivity index (χ4n) is 5.78. The quantitative estimate of drug-likeness (QED) is 0.650. The molecule has 1 unspecified atom stereocenters. The zero-order chi connectivity index (χ0) is 22.9. The van der Waals surface area contributed by atoms with Gasteiger partial charge in [0.1, 0.15) is 5.60 Å². The first kappa shape index (κ1) is 23.4. The normalized spacial score (nSPS) is 27.2. The summed E-state index contributed by atoms with van der Waals surface area (Å²) in [6.45, 7) is 9.13. The summed E-state index contributed by atoms with van der Waals surface area (Å²) in [6.07, 6.45) is 7.41. The minimum absolute atomic E-state index is 0.0303. The van der Waals surface area contributed by atoms with Crippen LogP contribution in [-0.2, 0) is 16.1 Å². The van der Waals surface area contributed by atoms with Crippen molar-refractivity contribution in [1.82, 2.24) is 4.90 Å². The number of nitrogens with zero attached hydrogens (tertiary/aromatic N) is 2. The Bertz CT molecular complexity index is 790. The van der Waals surface area contributed by atoms with Crippen LogP contribution in [0.4, 0.5) is 11.4 Å². The van der Waals surface area contributed by atoms with Gasteiger partial charge in [-0.15, -0.1) is 0 Å². The van der Waals surface area contributed by atoms with Gasteiger partial charge in [0.2, 0.25) is 6.35 Å². The maximum absolute atomic E-state index is 12.1. The highest BCUT2D eigenvalue weighted by Crippen LogP contribution is 2.39. The van der Waals surface area contributed by atoms with E-state index in [0.717, 1.165) is 42.8 Å². The molecule has 1 saturated heterocycles. The number of anilines is 2. The lowest BCUT2D eigenvalue weighted by molar-refractivity contribution is -0.156. The van der Waals surface area contributed by atoms with Crippen molar-refractivity contribution < 1.29 is 14.6 Å². The van der Waals surface area contributed by atoms with E-state index in [0.29, 0.717) is 12.3 Å². The highest BCUT2D eigenvalue weighted by atomic mass is 16.6. The average Bonchev–Trinajstić information content (AvgIpc) is 3.01. The molecule has 0 amide bonds. The predicted molar refractivity (Wildman–Crippen MR) is 128 cm³/mol. The molecule has 0 aromatic heterocycles. The summed E-state index contributed by atoms with van der Waals surface area (Å²) in [6, 6.07) is 6.46. The van der Waals surface area contributed by atoms with E-state index in [1.165, 1.54) is 44.1 Å². The molecule has 1 aromatic rings. The van der Waals surface area contributed by atoms with Gasteiger partial charge in [-0.2, -0.15) is 0 Å². The van der Waals surface area contributed by atoms with Crippen molar-refractivity contribution >= 4 is 17.3 Å². The van der Waals surface area contributed by atoms with Crippen molar-refractivity contribution in [3.63, 3.8) is 0 Å². The Morgan fingerprint density at radius 1 is 1.09 bits per heavy atom. The highest BCUT2D eigenvalue weighted by molar-refractivity contribution is 5.75. The molecule has 0 spiro atoms. The number of likely N-dealkylation sites (tertiary alicyclic amines) is 1. The molecule has 2 N–H and O–H groups in total. The largest absolute Gasteiger partial charge is 0.460 e. The number of aliphatic hydroxyl groups is 1. The molecule has 178 valence electrons. The lowest BCUT2D eigenvalue weighted by Crippen LogP contribution is -2.36. The Kier molecular flexibility index (Phi) is 7.01. The van der Waals surface area contributed by atoms with Crippen molar-refractivity contribution in [3.05, 3.63) is 23.8 Å². The van der Waals surface area contributed by atoms with Gasteiger partial charge in [-0.05, 0) is 108 Å². The van der Waals surface area contributed by atoms with Gasteiger partial charge in [-0.3, -0.25) is 9.69 Å². The number of esters is 1. The first-order chi connectivity index (χ1) is 15.2. The van der Waals surface area contributed by atoms with E-state index in [1.807, 2.05) is 32.7 Å². The van der Waals surface area contributed by atoms with Crippen molar-refractivity contribution in [3.8, 4) is 0 Å². The van der Waals surface area contributed by atoms with Crippen LogP contribution in [-0.4, -0.2) is 48.1 Å². The summed E-state index contributed by atoms with van der Waals surface area (Å²) in [5, 5.41) is 13.1. The summed E-state index contributed by atoms with van der Waals surface area (Å²) in [5.41, 5.74) is 3.02.